The van der Waals surface area contributed by atoms with Crippen molar-refractivity contribution in [1.82, 2.24) is 19.8 Å². The Hall–Kier alpha value is -1.73. The standard InChI is InChI=1S/C9H9N5OS/c1-5-11-12-9-14(5)13-8(16-9)7-3-2-6(4-10)15-7/h2-3H,4,10H2,1H3. The Morgan fingerprint density at radius 1 is 1.44 bits per heavy atom. The van der Waals surface area contributed by atoms with Gasteiger partial charge in [-0.15, -0.1) is 15.3 Å². The van der Waals surface area contributed by atoms with Crippen molar-refractivity contribution in [2.45, 2.75) is 13.5 Å². The number of hydrogen-bond donors (Lipinski definition) is 1. The predicted molar refractivity (Wildman–Crippen MR) is 59.0 cm³/mol. The van der Waals surface area contributed by atoms with Crippen LogP contribution in [-0.4, -0.2) is 19.8 Å². The molecule has 0 aliphatic carbocycles. The van der Waals surface area contributed by atoms with Crippen LogP contribution in [0.4, 0.5) is 0 Å². The summed E-state index contributed by atoms with van der Waals surface area (Å²) in [5.41, 5.74) is 5.48. The number of nitrogens with zero attached hydrogens (tertiary/aromatic N) is 4. The summed E-state index contributed by atoms with van der Waals surface area (Å²) in [5.74, 6) is 2.23. The van der Waals surface area contributed by atoms with Crippen LogP contribution >= 0.6 is 11.3 Å². The van der Waals surface area contributed by atoms with Gasteiger partial charge in [0.15, 0.2) is 16.6 Å². The molecule has 0 aliphatic rings. The van der Waals surface area contributed by atoms with Gasteiger partial charge in [0.05, 0.1) is 6.54 Å². The quantitative estimate of drug-likeness (QED) is 0.722. The van der Waals surface area contributed by atoms with Crippen LogP contribution in [0.5, 0.6) is 0 Å². The SMILES string of the molecule is Cc1nnc2sc(-c3ccc(CN)o3)nn12. The van der Waals surface area contributed by atoms with Crippen LogP contribution in [0.2, 0.25) is 0 Å². The molecule has 0 bridgehead atoms. The molecule has 0 aliphatic heterocycles. The highest BCUT2D eigenvalue weighted by Gasteiger charge is 2.13. The topological polar surface area (TPSA) is 82.2 Å². The maximum absolute atomic E-state index is 5.52. The van der Waals surface area contributed by atoms with Gasteiger partial charge in [0.25, 0.3) is 0 Å². The van der Waals surface area contributed by atoms with Crippen LogP contribution in [0, 0.1) is 6.92 Å². The molecule has 82 valence electrons. The maximum atomic E-state index is 5.52. The van der Waals surface area contributed by atoms with E-state index in [4.69, 9.17) is 10.2 Å². The van der Waals surface area contributed by atoms with Crippen LogP contribution in [-0.2, 0) is 6.54 Å². The van der Waals surface area contributed by atoms with Gasteiger partial charge in [0, 0.05) is 0 Å². The molecule has 0 fully saturated rings. The van der Waals surface area contributed by atoms with Crippen molar-refractivity contribution in [3.8, 4) is 10.8 Å². The van der Waals surface area contributed by atoms with E-state index in [0.29, 0.717) is 6.54 Å². The van der Waals surface area contributed by atoms with Gasteiger partial charge in [-0.1, -0.05) is 11.3 Å². The van der Waals surface area contributed by atoms with Crippen molar-refractivity contribution < 1.29 is 4.42 Å². The molecule has 0 saturated heterocycles. The lowest BCUT2D eigenvalue weighted by molar-refractivity contribution is 0.524. The van der Waals surface area contributed by atoms with Crippen LogP contribution in [0.25, 0.3) is 15.7 Å². The highest BCUT2D eigenvalue weighted by atomic mass is 32.1. The van der Waals surface area contributed by atoms with Crippen molar-refractivity contribution in [2.24, 2.45) is 5.73 Å². The Labute approximate surface area is 94.7 Å². The van der Waals surface area contributed by atoms with Gasteiger partial charge in [-0.25, -0.2) is 0 Å². The largest absolute Gasteiger partial charge is 0.457 e. The van der Waals surface area contributed by atoms with Gasteiger partial charge >= 0.3 is 0 Å². The molecule has 7 heteroatoms. The molecule has 0 unspecified atom stereocenters. The number of rotatable bonds is 2. The van der Waals surface area contributed by atoms with Crippen molar-refractivity contribution >= 4 is 16.3 Å². The van der Waals surface area contributed by atoms with E-state index in [1.165, 1.54) is 11.3 Å². The first-order valence-electron chi connectivity index (χ1n) is 4.76. The highest BCUT2D eigenvalue weighted by molar-refractivity contribution is 7.19. The summed E-state index contributed by atoms with van der Waals surface area (Å²) in [5, 5.41) is 13.1. The molecule has 3 aromatic rings. The molecular weight excluding hydrogens is 226 g/mol. The molecule has 0 spiro atoms. The molecule has 0 atom stereocenters. The number of furan rings is 1. The van der Waals surface area contributed by atoms with Crippen LogP contribution < -0.4 is 5.73 Å². The van der Waals surface area contributed by atoms with Gasteiger partial charge < -0.3 is 10.2 Å². The number of aromatic nitrogens is 4. The fourth-order valence-corrected chi connectivity index (χ4v) is 2.26. The molecule has 6 nitrogen and oxygen atoms in total. The van der Waals surface area contributed by atoms with Crippen molar-refractivity contribution in [3.05, 3.63) is 23.7 Å². The minimum absolute atomic E-state index is 0.392. The van der Waals surface area contributed by atoms with Gasteiger partial charge in [-0.05, 0) is 19.1 Å². The van der Waals surface area contributed by atoms with E-state index in [9.17, 15) is 0 Å². The number of nitrogens with two attached hydrogens (primary N) is 1. The molecule has 2 N–H and O–H groups in total. The minimum Gasteiger partial charge on any atom is -0.457 e. The monoisotopic (exact) mass is 235 g/mol. The average Bonchev–Trinajstić information content (AvgIpc) is 2.95. The Bertz CT molecular complexity index is 637. The second-order valence-corrected chi connectivity index (χ2v) is 4.27. The molecule has 0 saturated carbocycles. The van der Waals surface area contributed by atoms with E-state index in [0.717, 1.165) is 27.3 Å². The summed E-state index contributed by atoms with van der Waals surface area (Å²) in [6.07, 6.45) is 0. The lowest BCUT2D eigenvalue weighted by atomic mass is 10.4. The minimum atomic E-state index is 0.392. The second-order valence-electron chi connectivity index (χ2n) is 3.32. The third-order valence-electron chi connectivity index (χ3n) is 2.22. The summed E-state index contributed by atoms with van der Waals surface area (Å²) in [6.45, 7) is 2.25. The molecule has 0 aromatic carbocycles. The molecule has 3 heterocycles. The van der Waals surface area contributed by atoms with Crippen molar-refractivity contribution in [3.63, 3.8) is 0 Å². The van der Waals surface area contributed by atoms with E-state index in [-0.39, 0.29) is 0 Å². The first kappa shape index (κ1) is 9.49. The van der Waals surface area contributed by atoms with E-state index >= 15 is 0 Å². The first-order chi connectivity index (χ1) is 7.78. The third-order valence-corrected chi connectivity index (χ3v) is 3.13. The fourth-order valence-electron chi connectivity index (χ4n) is 1.42. The lowest BCUT2D eigenvalue weighted by Crippen LogP contribution is -1.92. The Balaban J connectivity index is 2.11. The molecule has 3 aromatic heterocycles. The van der Waals surface area contributed by atoms with Crippen molar-refractivity contribution in [2.75, 3.05) is 0 Å². The first-order valence-corrected chi connectivity index (χ1v) is 5.57. The van der Waals surface area contributed by atoms with E-state index < -0.39 is 0 Å². The maximum Gasteiger partial charge on any atom is 0.235 e. The predicted octanol–water partition coefficient (Wildman–Crippen LogP) is 1.21. The smallest absolute Gasteiger partial charge is 0.235 e. The van der Waals surface area contributed by atoms with Crippen LogP contribution in [0.1, 0.15) is 11.6 Å². The molecule has 3 rings (SSSR count). The second kappa shape index (κ2) is 3.39. The van der Waals surface area contributed by atoms with E-state index in [2.05, 4.69) is 15.3 Å². The molecule has 16 heavy (non-hydrogen) atoms. The van der Waals surface area contributed by atoms with Gasteiger partial charge in [-0.2, -0.15) is 4.52 Å². The van der Waals surface area contributed by atoms with Gasteiger partial charge in [0.2, 0.25) is 4.96 Å². The molecule has 0 radical (unpaired) electrons. The number of aryl methyl sites for hydroxylation is 1. The zero-order valence-corrected chi connectivity index (χ0v) is 9.36. The Kier molecular flexibility index (Phi) is 2.01. The number of hydrogen-bond acceptors (Lipinski definition) is 6. The Morgan fingerprint density at radius 3 is 3.00 bits per heavy atom. The summed E-state index contributed by atoms with van der Waals surface area (Å²) in [4.78, 5) is 0.762. The summed E-state index contributed by atoms with van der Waals surface area (Å²) < 4.78 is 7.22. The van der Waals surface area contributed by atoms with E-state index in [1.54, 1.807) is 4.52 Å². The van der Waals surface area contributed by atoms with Gasteiger partial charge in [0.1, 0.15) is 5.76 Å². The summed E-state index contributed by atoms with van der Waals surface area (Å²) in [7, 11) is 0. The van der Waals surface area contributed by atoms with Gasteiger partial charge in [-0.3, -0.25) is 0 Å². The zero-order valence-electron chi connectivity index (χ0n) is 8.54. The lowest BCUT2D eigenvalue weighted by Gasteiger charge is -1.88. The zero-order chi connectivity index (χ0) is 11.1. The average molecular weight is 235 g/mol. The highest BCUT2D eigenvalue weighted by Crippen LogP contribution is 2.26. The fraction of sp³-hybridized carbons (Fsp3) is 0.222. The molecular formula is C9H9N5OS. The van der Waals surface area contributed by atoms with Crippen LogP contribution in [0.15, 0.2) is 16.5 Å². The third kappa shape index (κ3) is 1.33. The summed E-state index contributed by atoms with van der Waals surface area (Å²) in [6, 6.07) is 3.72. The Morgan fingerprint density at radius 2 is 2.31 bits per heavy atom. The normalized spacial score (nSPS) is 11.4. The molecule has 0 amide bonds. The van der Waals surface area contributed by atoms with Crippen molar-refractivity contribution in [1.29, 1.82) is 0 Å². The number of fused-ring (bicyclic) bond motifs is 1. The van der Waals surface area contributed by atoms with Crippen LogP contribution in [0.3, 0.4) is 0 Å². The summed E-state index contributed by atoms with van der Waals surface area (Å²) >= 11 is 1.44. The van der Waals surface area contributed by atoms with E-state index in [1.807, 2.05) is 19.1 Å².